The van der Waals surface area contributed by atoms with Gasteiger partial charge in [-0.15, -0.1) is 0 Å². The third kappa shape index (κ3) is 4.74. The Morgan fingerprint density at radius 2 is 1.60 bits per heavy atom. The Morgan fingerprint density at radius 1 is 1.08 bits per heavy atom. The second-order valence-electron chi connectivity index (χ2n) is 7.66. The van der Waals surface area contributed by atoms with E-state index in [9.17, 15) is 14.9 Å². The third-order valence-electron chi connectivity index (χ3n) is 5.38. The molecule has 4 atom stereocenters. The smallest absolute Gasteiger partial charge is 0.327 e. The van der Waals surface area contributed by atoms with Gasteiger partial charge in [0.2, 0.25) is 0 Å². The quantitative estimate of drug-likeness (QED) is 0.649. The highest BCUT2D eigenvalue weighted by Crippen LogP contribution is 2.55. The van der Waals surface area contributed by atoms with E-state index < -0.39 is 23.3 Å². The van der Waals surface area contributed by atoms with Crippen LogP contribution in [0.2, 0.25) is 0 Å². The van der Waals surface area contributed by atoms with Crippen molar-refractivity contribution in [2.75, 3.05) is 13.2 Å². The molecule has 2 fully saturated rings. The van der Waals surface area contributed by atoms with Crippen molar-refractivity contribution in [3.05, 3.63) is 0 Å². The number of carbonyl (C=O) groups is 2. The van der Waals surface area contributed by atoms with Crippen LogP contribution >= 0.6 is 0 Å². The van der Waals surface area contributed by atoms with Crippen molar-refractivity contribution in [2.24, 2.45) is 35.0 Å². The molecule has 2 rings (SSSR count). The summed E-state index contributed by atoms with van der Waals surface area (Å²) in [7, 11) is 0. The van der Waals surface area contributed by atoms with E-state index in [0.717, 1.165) is 0 Å². The predicted molar refractivity (Wildman–Crippen MR) is 95.3 cm³/mol. The number of esters is 2. The first-order valence-electron chi connectivity index (χ1n) is 9.51. The van der Waals surface area contributed by atoms with Crippen LogP contribution in [-0.4, -0.2) is 25.2 Å². The third-order valence-corrected chi connectivity index (χ3v) is 5.38. The van der Waals surface area contributed by atoms with E-state index in [1.54, 1.807) is 60.8 Å². The van der Waals surface area contributed by atoms with E-state index in [1.165, 1.54) is 11.8 Å². The lowest BCUT2D eigenvalue weighted by atomic mass is 9.64. The van der Waals surface area contributed by atoms with Crippen LogP contribution < -0.4 is 0 Å². The van der Waals surface area contributed by atoms with Crippen molar-refractivity contribution in [3.63, 3.8) is 0 Å². The van der Waals surface area contributed by atoms with Gasteiger partial charge in [-0.05, 0) is 56.8 Å². The van der Waals surface area contributed by atoms with Gasteiger partial charge in [-0.2, -0.15) is 5.26 Å². The van der Waals surface area contributed by atoms with Gasteiger partial charge in [-0.3, -0.25) is 9.59 Å². The molecule has 0 radical (unpaired) electrons. The molecular weight excluding hydrogens is 318 g/mol. The number of nitriles is 1. The highest BCUT2D eigenvalue weighted by atomic mass is 16.5. The molecule has 5 nitrogen and oxygen atoms in total. The summed E-state index contributed by atoms with van der Waals surface area (Å²) < 4.78 is 10.1. The maximum absolute atomic E-state index is 12.3. The minimum Gasteiger partial charge on any atom is -0.466 e. The number of hydrogen-bond donors (Lipinski definition) is 0. The van der Waals surface area contributed by atoms with Crippen molar-refractivity contribution in [1.82, 2.24) is 0 Å². The number of hydrogen-bond acceptors (Lipinski definition) is 5. The summed E-state index contributed by atoms with van der Waals surface area (Å²) in [5.74, 6) is -0.115. The standard InChI is InChI=1S/C15H25NO4.C5H8/c1-7-19-13(17)12(10(3)4)15(9-16,11(5)6)14(18)20-8-2;1-2-5-3-4(1)5/h10-12H,7-8H2,1-6H3;4-5H,1-3H2. The highest BCUT2D eigenvalue weighted by Gasteiger charge is 2.55. The Morgan fingerprint density at radius 3 is 1.84 bits per heavy atom. The molecule has 4 unspecified atom stereocenters. The van der Waals surface area contributed by atoms with Gasteiger partial charge in [0.1, 0.15) is 0 Å². The number of ether oxygens (including phenoxy) is 2. The molecule has 2 saturated carbocycles. The van der Waals surface area contributed by atoms with Crippen LogP contribution in [0.4, 0.5) is 0 Å². The van der Waals surface area contributed by atoms with E-state index >= 15 is 0 Å². The number of carbonyl (C=O) groups excluding carboxylic acids is 2. The van der Waals surface area contributed by atoms with Gasteiger partial charge in [-0.1, -0.05) is 27.7 Å². The molecule has 142 valence electrons. The van der Waals surface area contributed by atoms with Gasteiger partial charge < -0.3 is 9.47 Å². The molecule has 0 aromatic rings. The molecule has 0 aromatic carbocycles. The fourth-order valence-electron chi connectivity index (χ4n) is 3.62. The Hall–Kier alpha value is -1.57. The van der Waals surface area contributed by atoms with E-state index in [1.807, 2.05) is 6.07 Å². The summed E-state index contributed by atoms with van der Waals surface area (Å²) in [6, 6.07) is 2.04. The molecular formula is C20H33NO4. The van der Waals surface area contributed by atoms with Gasteiger partial charge in [-0.25, -0.2) is 0 Å². The van der Waals surface area contributed by atoms with E-state index in [2.05, 4.69) is 0 Å². The van der Waals surface area contributed by atoms with Crippen LogP contribution in [-0.2, 0) is 19.1 Å². The lowest BCUT2D eigenvalue weighted by Gasteiger charge is -2.36. The monoisotopic (exact) mass is 351 g/mol. The molecule has 0 heterocycles. The average Bonchev–Trinajstić information content (AvgIpc) is 3.10. The molecule has 25 heavy (non-hydrogen) atoms. The molecule has 0 aliphatic heterocycles. The fourth-order valence-corrected chi connectivity index (χ4v) is 3.62. The molecule has 2 aliphatic carbocycles. The van der Waals surface area contributed by atoms with Crippen LogP contribution in [0.3, 0.4) is 0 Å². The van der Waals surface area contributed by atoms with Crippen molar-refractivity contribution >= 4 is 11.9 Å². The number of nitrogens with zero attached hydrogens (tertiary/aromatic N) is 1. The van der Waals surface area contributed by atoms with Crippen molar-refractivity contribution < 1.29 is 19.1 Å². The van der Waals surface area contributed by atoms with E-state index in [4.69, 9.17) is 9.47 Å². The summed E-state index contributed by atoms with van der Waals surface area (Å²) in [5, 5.41) is 9.62. The summed E-state index contributed by atoms with van der Waals surface area (Å²) in [6.45, 7) is 10.8. The second-order valence-corrected chi connectivity index (χ2v) is 7.66. The van der Waals surface area contributed by atoms with Gasteiger partial charge in [0.05, 0.1) is 25.2 Å². The van der Waals surface area contributed by atoms with Gasteiger partial charge in [0.15, 0.2) is 5.41 Å². The Labute approximate surface area is 152 Å². The topological polar surface area (TPSA) is 76.4 Å². The summed E-state index contributed by atoms with van der Waals surface area (Å²) in [4.78, 5) is 24.6. The lowest BCUT2D eigenvalue weighted by molar-refractivity contribution is -0.170. The summed E-state index contributed by atoms with van der Waals surface area (Å²) in [5.41, 5.74) is -1.52. The first-order valence-corrected chi connectivity index (χ1v) is 9.51. The zero-order chi connectivity index (χ0) is 19.2. The zero-order valence-corrected chi connectivity index (χ0v) is 16.5. The Kier molecular flexibility index (Phi) is 7.92. The average molecular weight is 351 g/mol. The summed E-state index contributed by atoms with van der Waals surface area (Å²) in [6.07, 6.45) is 4.70. The lowest BCUT2D eigenvalue weighted by Crippen LogP contribution is -2.49. The Balaban J connectivity index is 0.000000512. The number of fused-ring (bicyclic) bond motifs is 1. The molecule has 2 aliphatic rings. The van der Waals surface area contributed by atoms with Crippen LogP contribution in [0.1, 0.15) is 60.8 Å². The minimum atomic E-state index is -1.52. The highest BCUT2D eigenvalue weighted by molar-refractivity contribution is 5.88. The van der Waals surface area contributed by atoms with Crippen LogP contribution in [0.25, 0.3) is 0 Å². The van der Waals surface area contributed by atoms with Crippen LogP contribution in [0.5, 0.6) is 0 Å². The normalized spacial score (nSPS) is 23.8. The maximum atomic E-state index is 12.3. The SMILES string of the molecule is C1CC2CC12.CCOC(=O)C(C(C)C)C(C#N)(C(=O)OCC)C(C)C. The molecule has 0 amide bonds. The van der Waals surface area contributed by atoms with Crippen molar-refractivity contribution in [3.8, 4) is 6.07 Å². The van der Waals surface area contributed by atoms with Crippen LogP contribution in [0, 0.1) is 46.3 Å². The molecule has 0 N–H and O–H groups in total. The van der Waals surface area contributed by atoms with Gasteiger partial charge >= 0.3 is 11.9 Å². The second kappa shape index (κ2) is 9.22. The van der Waals surface area contributed by atoms with Gasteiger partial charge in [0, 0.05) is 0 Å². The first-order chi connectivity index (χ1) is 11.8. The molecule has 5 heteroatoms. The van der Waals surface area contributed by atoms with Crippen LogP contribution in [0.15, 0.2) is 0 Å². The molecule has 0 bridgehead atoms. The predicted octanol–water partition coefficient (Wildman–Crippen LogP) is 3.97. The molecule has 0 spiro atoms. The van der Waals surface area contributed by atoms with E-state index in [-0.39, 0.29) is 25.0 Å². The molecule has 0 aromatic heterocycles. The minimum absolute atomic E-state index is 0.169. The zero-order valence-electron chi connectivity index (χ0n) is 16.5. The first kappa shape index (κ1) is 21.5. The van der Waals surface area contributed by atoms with Crippen molar-refractivity contribution in [2.45, 2.75) is 60.8 Å². The van der Waals surface area contributed by atoms with Gasteiger partial charge in [0.25, 0.3) is 0 Å². The number of rotatable bonds is 7. The van der Waals surface area contributed by atoms with E-state index in [0.29, 0.717) is 0 Å². The maximum Gasteiger partial charge on any atom is 0.327 e. The van der Waals surface area contributed by atoms with Crippen molar-refractivity contribution in [1.29, 1.82) is 5.26 Å². The molecule has 0 saturated heterocycles. The Bertz CT molecular complexity index is 496. The largest absolute Gasteiger partial charge is 0.466 e. The summed E-state index contributed by atoms with van der Waals surface area (Å²) >= 11 is 0. The fraction of sp³-hybridized carbons (Fsp3) is 0.850.